The van der Waals surface area contributed by atoms with Gasteiger partial charge in [0.1, 0.15) is 10.4 Å². The number of rotatable bonds is 4. The molecule has 0 aliphatic carbocycles. The highest BCUT2D eigenvalue weighted by Gasteiger charge is 2.09. The molecule has 0 saturated carbocycles. The largest absolute Gasteiger partial charge is 0.506 e. The lowest BCUT2D eigenvalue weighted by molar-refractivity contribution is 0.481. The first-order chi connectivity index (χ1) is 8.06. The predicted octanol–water partition coefficient (Wildman–Crippen LogP) is 2.83. The van der Waals surface area contributed by atoms with Crippen LogP contribution in [-0.4, -0.2) is 20.8 Å². The number of pyridine rings is 1. The predicted molar refractivity (Wildman–Crippen MR) is 72.1 cm³/mol. The number of hydrogen-bond acceptors (Lipinski definition) is 5. The van der Waals surface area contributed by atoms with Gasteiger partial charge in [-0.15, -0.1) is 11.3 Å². The van der Waals surface area contributed by atoms with Crippen molar-refractivity contribution in [2.75, 3.05) is 5.75 Å². The number of fused-ring (bicyclic) bond motifs is 1. The molecule has 0 radical (unpaired) electrons. The van der Waals surface area contributed by atoms with E-state index in [1.165, 1.54) is 17.4 Å². The Kier molecular flexibility index (Phi) is 3.73. The quantitative estimate of drug-likeness (QED) is 0.838. The number of nitrogens with zero attached hydrogens (tertiary/aromatic N) is 1. The van der Waals surface area contributed by atoms with Crippen molar-refractivity contribution in [3.05, 3.63) is 16.4 Å². The van der Waals surface area contributed by atoms with Crippen LogP contribution in [0.15, 0.2) is 15.2 Å². The van der Waals surface area contributed by atoms with Crippen molar-refractivity contribution in [1.82, 2.24) is 9.97 Å². The van der Waals surface area contributed by atoms with E-state index in [1.807, 2.05) is 0 Å². The minimum atomic E-state index is -0.320. The van der Waals surface area contributed by atoms with Gasteiger partial charge >= 0.3 is 0 Å². The van der Waals surface area contributed by atoms with Gasteiger partial charge in [0.2, 0.25) is 0 Å². The van der Waals surface area contributed by atoms with E-state index >= 15 is 0 Å². The molecule has 4 nitrogen and oxygen atoms in total. The fourth-order valence-corrected chi connectivity index (χ4v) is 3.67. The normalized spacial score (nSPS) is 11.5. The molecule has 0 unspecified atom stereocenters. The molecule has 2 N–H and O–H groups in total. The maximum Gasteiger partial charge on any atom is 0.253 e. The molecule has 0 spiro atoms. The van der Waals surface area contributed by atoms with Gasteiger partial charge in [-0.1, -0.05) is 25.6 Å². The zero-order valence-electron chi connectivity index (χ0n) is 9.69. The van der Waals surface area contributed by atoms with Gasteiger partial charge in [0.15, 0.2) is 9.99 Å². The summed E-state index contributed by atoms with van der Waals surface area (Å²) in [6, 6.07) is 1.18. The fourth-order valence-electron chi connectivity index (χ4n) is 1.35. The van der Waals surface area contributed by atoms with Crippen LogP contribution in [0.1, 0.15) is 20.3 Å². The Morgan fingerprint density at radius 1 is 1.59 bits per heavy atom. The molecule has 0 atom stereocenters. The smallest absolute Gasteiger partial charge is 0.253 e. The number of thiazole rings is 1. The molecular weight excluding hydrogens is 256 g/mol. The number of aromatic nitrogens is 2. The van der Waals surface area contributed by atoms with Crippen LogP contribution in [0.2, 0.25) is 0 Å². The summed E-state index contributed by atoms with van der Waals surface area (Å²) in [7, 11) is 0. The number of nitrogens with one attached hydrogen (secondary N) is 1. The van der Waals surface area contributed by atoms with Crippen molar-refractivity contribution in [2.45, 2.75) is 24.6 Å². The molecule has 0 saturated heterocycles. The lowest BCUT2D eigenvalue weighted by Crippen LogP contribution is -2.02. The van der Waals surface area contributed by atoms with E-state index in [1.54, 1.807) is 11.8 Å². The zero-order valence-corrected chi connectivity index (χ0v) is 11.3. The second-order valence-electron chi connectivity index (χ2n) is 4.21. The first-order valence-electron chi connectivity index (χ1n) is 5.42. The van der Waals surface area contributed by atoms with Gasteiger partial charge in [0.25, 0.3) is 5.56 Å². The molecule has 0 aromatic carbocycles. The minimum absolute atomic E-state index is 0.0111. The Bertz CT molecular complexity index is 574. The Hall–Kier alpha value is -1.01. The van der Waals surface area contributed by atoms with Crippen molar-refractivity contribution in [1.29, 1.82) is 0 Å². The molecule has 6 heteroatoms. The van der Waals surface area contributed by atoms with Crippen LogP contribution >= 0.6 is 23.1 Å². The summed E-state index contributed by atoms with van der Waals surface area (Å²) in [6.07, 6.45) is 1.13. The van der Waals surface area contributed by atoms with Crippen molar-refractivity contribution < 1.29 is 5.11 Å². The summed E-state index contributed by atoms with van der Waals surface area (Å²) >= 11 is 3.08. The highest BCUT2D eigenvalue weighted by atomic mass is 32.2. The van der Waals surface area contributed by atoms with Gasteiger partial charge in [-0.2, -0.15) is 0 Å². The SMILES string of the molecule is CC(C)CCSc1nc2[nH]c(=O)cc(O)c2s1. The Morgan fingerprint density at radius 3 is 3.06 bits per heavy atom. The Morgan fingerprint density at radius 2 is 2.35 bits per heavy atom. The van der Waals surface area contributed by atoms with Crippen LogP contribution in [0.25, 0.3) is 10.3 Å². The van der Waals surface area contributed by atoms with Crippen molar-refractivity contribution >= 4 is 33.4 Å². The third-order valence-corrected chi connectivity index (χ3v) is 4.52. The molecule has 0 fully saturated rings. The van der Waals surface area contributed by atoms with Crippen LogP contribution in [-0.2, 0) is 0 Å². The summed E-state index contributed by atoms with van der Waals surface area (Å²) in [5.74, 6) is 1.68. The highest BCUT2D eigenvalue weighted by Crippen LogP contribution is 2.33. The van der Waals surface area contributed by atoms with E-state index in [2.05, 4.69) is 23.8 Å². The summed E-state index contributed by atoms with van der Waals surface area (Å²) in [5.41, 5.74) is 0.158. The molecular formula is C11H14N2O2S2. The minimum Gasteiger partial charge on any atom is -0.506 e. The standard InChI is InChI=1S/C11H14N2O2S2/c1-6(2)3-4-16-11-13-10-9(17-11)7(14)5-8(15)12-10/h5-6H,3-4H2,1-2H3,(H2,12,14,15). The van der Waals surface area contributed by atoms with E-state index in [-0.39, 0.29) is 11.3 Å². The van der Waals surface area contributed by atoms with E-state index in [0.29, 0.717) is 16.3 Å². The van der Waals surface area contributed by atoms with Crippen LogP contribution in [0, 0.1) is 5.92 Å². The Balaban J connectivity index is 2.20. The van der Waals surface area contributed by atoms with E-state index < -0.39 is 0 Å². The lowest BCUT2D eigenvalue weighted by Gasteiger charge is -2.00. The van der Waals surface area contributed by atoms with Gasteiger partial charge in [-0.25, -0.2) is 4.98 Å². The van der Waals surface area contributed by atoms with Gasteiger partial charge in [0, 0.05) is 11.8 Å². The van der Waals surface area contributed by atoms with Crippen LogP contribution in [0.4, 0.5) is 0 Å². The number of hydrogen-bond donors (Lipinski definition) is 2. The Labute approximate surface area is 107 Å². The average Bonchev–Trinajstić information content (AvgIpc) is 2.60. The van der Waals surface area contributed by atoms with Crippen molar-refractivity contribution in [3.8, 4) is 5.75 Å². The van der Waals surface area contributed by atoms with Crippen molar-refractivity contribution in [3.63, 3.8) is 0 Å². The number of H-pyrrole nitrogens is 1. The van der Waals surface area contributed by atoms with E-state index in [0.717, 1.165) is 16.5 Å². The number of aromatic hydroxyl groups is 1. The first kappa shape index (κ1) is 12.4. The lowest BCUT2D eigenvalue weighted by atomic mass is 10.2. The molecule has 0 aliphatic heterocycles. The molecule has 2 rings (SSSR count). The summed E-state index contributed by atoms with van der Waals surface area (Å²) < 4.78 is 1.54. The zero-order chi connectivity index (χ0) is 12.4. The van der Waals surface area contributed by atoms with E-state index in [9.17, 15) is 9.90 Å². The highest BCUT2D eigenvalue weighted by molar-refractivity contribution is 8.01. The molecule has 0 bridgehead atoms. The summed E-state index contributed by atoms with van der Waals surface area (Å²) in [4.78, 5) is 18.1. The second kappa shape index (κ2) is 5.10. The molecule has 2 aromatic heterocycles. The van der Waals surface area contributed by atoms with Gasteiger partial charge in [-0.3, -0.25) is 4.79 Å². The van der Waals surface area contributed by atoms with Crippen LogP contribution in [0.5, 0.6) is 5.75 Å². The molecule has 2 heterocycles. The first-order valence-corrected chi connectivity index (χ1v) is 7.22. The summed E-state index contributed by atoms with van der Waals surface area (Å²) in [5, 5.41) is 9.62. The molecule has 92 valence electrons. The second-order valence-corrected chi connectivity index (χ2v) is 6.55. The molecule has 17 heavy (non-hydrogen) atoms. The third kappa shape index (κ3) is 3.01. The average molecular weight is 270 g/mol. The maximum absolute atomic E-state index is 11.2. The molecule has 0 amide bonds. The van der Waals surface area contributed by atoms with Crippen LogP contribution < -0.4 is 5.56 Å². The number of aromatic amines is 1. The maximum atomic E-state index is 11.2. The van der Waals surface area contributed by atoms with Crippen molar-refractivity contribution in [2.24, 2.45) is 5.92 Å². The van der Waals surface area contributed by atoms with Gasteiger partial charge in [0.05, 0.1) is 0 Å². The summed E-state index contributed by atoms with van der Waals surface area (Å²) in [6.45, 7) is 4.37. The van der Waals surface area contributed by atoms with Crippen LogP contribution in [0.3, 0.4) is 0 Å². The fraction of sp³-hybridized carbons (Fsp3) is 0.455. The van der Waals surface area contributed by atoms with Gasteiger partial charge in [-0.05, 0) is 12.3 Å². The monoisotopic (exact) mass is 270 g/mol. The molecule has 0 aliphatic rings. The topological polar surface area (TPSA) is 66.0 Å². The third-order valence-electron chi connectivity index (χ3n) is 2.27. The molecule has 2 aromatic rings. The number of thioether (sulfide) groups is 1. The van der Waals surface area contributed by atoms with E-state index in [4.69, 9.17) is 0 Å². The van der Waals surface area contributed by atoms with Gasteiger partial charge < -0.3 is 10.1 Å².